The molecule has 1 N–H and O–H groups in total. The zero-order valence-corrected chi connectivity index (χ0v) is 7.90. The maximum absolute atomic E-state index is 11.9. The van der Waals surface area contributed by atoms with Crippen molar-refractivity contribution in [3.05, 3.63) is 0 Å². The molecule has 0 radical (unpaired) electrons. The minimum absolute atomic E-state index is 0.250. The van der Waals surface area contributed by atoms with Gasteiger partial charge >= 0.3 is 6.18 Å². The Balaban J connectivity index is 0.000000424. The number of alkyl halides is 3. The summed E-state index contributed by atoms with van der Waals surface area (Å²) in [6.45, 7) is 1.93. The summed E-state index contributed by atoms with van der Waals surface area (Å²) in [4.78, 5) is 0. The topological polar surface area (TPSA) is 20.2 Å². The van der Waals surface area contributed by atoms with Crippen LogP contribution in [0.1, 0.15) is 39.0 Å². The van der Waals surface area contributed by atoms with Gasteiger partial charge in [-0.15, -0.1) is 0 Å². The van der Waals surface area contributed by atoms with E-state index in [0.29, 0.717) is 12.8 Å². The second kappa shape index (κ2) is 6.24. The number of halogens is 3. The monoisotopic (exact) mass is 198 g/mol. The molecule has 0 amide bonds. The Hall–Kier alpha value is -0.250. The molecule has 1 rings (SSSR count). The van der Waals surface area contributed by atoms with Crippen molar-refractivity contribution < 1.29 is 18.3 Å². The van der Waals surface area contributed by atoms with Crippen molar-refractivity contribution in [3.63, 3.8) is 0 Å². The normalized spacial score (nSPS) is 19.2. The van der Waals surface area contributed by atoms with Gasteiger partial charge in [-0.25, -0.2) is 0 Å². The summed E-state index contributed by atoms with van der Waals surface area (Å²) < 4.78 is 35.8. The average Bonchev–Trinajstić information content (AvgIpc) is 2.06. The molecule has 0 aromatic heterocycles. The van der Waals surface area contributed by atoms with Crippen molar-refractivity contribution >= 4 is 0 Å². The first-order valence-corrected chi connectivity index (χ1v) is 4.70. The summed E-state index contributed by atoms with van der Waals surface area (Å²) in [5.41, 5.74) is 0. The van der Waals surface area contributed by atoms with Crippen LogP contribution < -0.4 is 0 Å². The summed E-state index contributed by atoms with van der Waals surface area (Å²) in [5.74, 6) is -0.999. The molecule has 4 heteroatoms. The highest BCUT2D eigenvalue weighted by atomic mass is 19.4. The Morgan fingerprint density at radius 2 is 1.54 bits per heavy atom. The molecule has 0 atom stereocenters. The van der Waals surface area contributed by atoms with Crippen LogP contribution in [-0.4, -0.2) is 17.9 Å². The fourth-order valence-electron chi connectivity index (χ4n) is 1.43. The van der Waals surface area contributed by atoms with Gasteiger partial charge in [-0.1, -0.05) is 19.3 Å². The minimum Gasteiger partial charge on any atom is -0.397 e. The van der Waals surface area contributed by atoms with Gasteiger partial charge in [0.05, 0.1) is 5.92 Å². The Morgan fingerprint density at radius 1 is 1.15 bits per heavy atom. The maximum atomic E-state index is 11.9. The molecule has 0 unspecified atom stereocenters. The van der Waals surface area contributed by atoms with E-state index in [9.17, 15) is 13.2 Å². The van der Waals surface area contributed by atoms with Crippen LogP contribution in [0.2, 0.25) is 0 Å². The number of hydrogen-bond acceptors (Lipinski definition) is 1. The molecule has 1 nitrogen and oxygen atoms in total. The van der Waals surface area contributed by atoms with Crippen molar-refractivity contribution in [2.45, 2.75) is 45.2 Å². The predicted octanol–water partition coefficient (Wildman–Crippen LogP) is 3.13. The van der Waals surface area contributed by atoms with Gasteiger partial charge in [-0.05, 0) is 19.8 Å². The zero-order chi connectivity index (χ0) is 10.3. The third kappa shape index (κ3) is 5.91. The molecule has 13 heavy (non-hydrogen) atoms. The fourth-order valence-corrected chi connectivity index (χ4v) is 1.43. The van der Waals surface area contributed by atoms with Crippen LogP contribution in [0.25, 0.3) is 0 Å². The molecule has 0 aromatic carbocycles. The van der Waals surface area contributed by atoms with Gasteiger partial charge in [-0.3, -0.25) is 0 Å². The summed E-state index contributed by atoms with van der Waals surface area (Å²) >= 11 is 0. The van der Waals surface area contributed by atoms with Crippen LogP contribution in [0.4, 0.5) is 13.2 Å². The molecule has 1 aliphatic carbocycles. The third-order valence-electron chi connectivity index (χ3n) is 2.07. The first kappa shape index (κ1) is 12.8. The predicted molar refractivity (Wildman–Crippen MR) is 45.4 cm³/mol. The van der Waals surface area contributed by atoms with E-state index in [-0.39, 0.29) is 6.61 Å². The first-order valence-electron chi connectivity index (χ1n) is 4.70. The Kier molecular flexibility index (Phi) is 6.12. The quantitative estimate of drug-likeness (QED) is 0.634. The largest absolute Gasteiger partial charge is 0.397 e. The standard InChI is InChI=1S/C7H11F3.C2H6O/c8-7(9,10)6-4-2-1-3-5-6;1-2-3/h6H,1-5H2;3H,2H2,1H3. The maximum Gasteiger partial charge on any atom is 0.391 e. The van der Waals surface area contributed by atoms with E-state index in [1.54, 1.807) is 6.92 Å². The van der Waals surface area contributed by atoms with Crippen molar-refractivity contribution in [2.24, 2.45) is 5.92 Å². The van der Waals surface area contributed by atoms with Crippen LogP contribution >= 0.6 is 0 Å². The molecule has 1 saturated carbocycles. The molecule has 0 heterocycles. The molecule has 0 aliphatic heterocycles. The molecule has 80 valence electrons. The highest BCUT2D eigenvalue weighted by molar-refractivity contribution is 4.71. The van der Waals surface area contributed by atoms with Crippen LogP contribution in [0.15, 0.2) is 0 Å². The minimum atomic E-state index is -3.93. The summed E-state index contributed by atoms with van der Waals surface area (Å²) in [7, 11) is 0. The molecular weight excluding hydrogens is 181 g/mol. The molecule has 0 aromatic rings. The van der Waals surface area contributed by atoms with E-state index < -0.39 is 12.1 Å². The lowest BCUT2D eigenvalue weighted by Crippen LogP contribution is -2.24. The van der Waals surface area contributed by atoms with Crippen molar-refractivity contribution in [2.75, 3.05) is 6.61 Å². The number of hydrogen-bond donors (Lipinski definition) is 1. The van der Waals surface area contributed by atoms with Crippen LogP contribution in [0.3, 0.4) is 0 Å². The lowest BCUT2D eigenvalue weighted by atomic mass is 9.89. The van der Waals surface area contributed by atoms with E-state index in [0.717, 1.165) is 19.3 Å². The summed E-state index contributed by atoms with van der Waals surface area (Å²) in [6.07, 6.45) is -0.742. The van der Waals surface area contributed by atoms with Crippen molar-refractivity contribution in [1.29, 1.82) is 0 Å². The Labute approximate surface area is 76.9 Å². The Morgan fingerprint density at radius 3 is 1.77 bits per heavy atom. The third-order valence-corrected chi connectivity index (χ3v) is 2.07. The molecule has 0 bridgehead atoms. The smallest absolute Gasteiger partial charge is 0.391 e. The van der Waals surface area contributed by atoms with E-state index >= 15 is 0 Å². The van der Waals surface area contributed by atoms with Gasteiger partial charge in [0.15, 0.2) is 0 Å². The van der Waals surface area contributed by atoms with Gasteiger partial charge in [0.25, 0.3) is 0 Å². The molecule has 0 saturated heterocycles. The second-order valence-corrected chi connectivity index (χ2v) is 3.19. The van der Waals surface area contributed by atoms with Gasteiger partial charge in [0.1, 0.15) is 0 Å². The van der Waals surface area contributed by atoms with Crippen LogP contribution in [-0.2, 0) is 0 Å². The van der Waals surface area contributed by atoms with E-state index in [1.165, 1.54) is 0 Å². The number of aliphatic hydroxyl groups is 1. The van der Waals surface area contributed by atoms with Gasteiger partial charge in [0, 0.05) is 6.61 Å². The van der Waals surface area contributed by atoms with Crippen LogP contribution in [0, 0.1) is 5.92 Å². The number of rotatable bonds is 0. The summed E-state index contributed by atoms with van der Waals surface area (Å²) in [5, 5.41) is 7.57. The highest BCUT2D eigenvalue weighted by Crippen LogP contribution is 2.37. The van der Waals surface area contributed by atoms with Crippen molar-refractivity contribution in [3.8, 4) is 0 Å². The molecule has 1 fully saturated rings. The molecule has 0 spiro atoms. The van der Waals surface area contributed by atoms with Gasteiger partial charge in [-0.2, -0.15) is 13.2 Å². The fraction of sp³-hybridized carbons (Fsp3) is 1.00. The van der Waals surface area contributed by atoms with Crippen molar-refractivity contribution in [1.82, 2.24) is 0 Å². The van der Waals surface area contributed by atoms with Gasteiger partial charge in [0.2, 0.25) is 0 Å². The first-order chi connectivity index (χ1) is 6.02. The lowest BCUT2D eigenvalue weighted by Gasteiger charge is -2.23. The number of aliphatic hydroxyl groups excluding tert-OH is 1. The SMILES string of the molecule is CCO.FC(F)(F)C1CCCCC1. The zero-order valence-electron chi connectivity index (χ0n) is 7.90. The lowest BCUT2D eigenvalue weighted by molar-refractivity contribution is -0.181. The Bertz CT molecular complexity index is 117. The second-order valence-electron chi connectivity index (χ2n) is 3.19. The van der Waals surface area contributed by atoms with Gasteiger partial charge < -0.3 is 5.11 Å². The molecular formula is C9H17F3O. The molecule has 1 aliphatic rings. The van der Waals surface area contributed by atoms with E-state index in [2.05, 4.69) is 0 Å². The van der Waals surface area contributed by atoms with E-state index in [4.69, 9.17) is 5.11 Å². The van der Waals surface area contributed by atoms with Crippen LogP contribution in [0.5, 0.6) is 0 Å². The average molecular weight is 198 g/mol. The summed E-state index contributed by atoms with van der Waals surface area (Å²) in [6, 6.07) is 0. The highest BCUT2D eigenvalue weighted by Gasteiger charge is 2.39. The van der Waals surface area contributed by atoms with E-state index in [1.807, 2.05) is 0 Å².